The Morgan fingerprint density at radius 3 is 2.77 bits per heavy atom. The molecule has 0 bridgehead atoms. The molecule has 2 atom stereocenters. The minimum atomic E-state index is 0.296. The van der Waals surface area contributed by atoms with Crippen molar-refractivity contribution in [2.75, 3.05) is 26.7 Å². The highest BCUT2D eigenvalue weighted by atomic mass is 16.5. The Hall–Kier alpha value is -0.380. The molecule has 0 aromatic heterocycles. The fourth-order valence-electron chi connectivity index (χ4n) is 2.09. The van der Waals surface area contributed by atoms with Crippen molar-refractivity contribution < 1.29 is 4.74 Å². The fourth-order valence-corrected chi connectivity index (χ4v) is 2.09. The second-order valence-corrected chi connectivity index (χ2v) is 4.12. The highest BCUT2D eigenvalue weighted by Gasteiger charge is 2.28. The van der Waals surface area contributed by atoms with Crippen LogP contribution in [0.25, 0.3) is 0 Å². The molecule has 1 aliphatic heterocycles. The van der Waals surface area contributed by atoms with Crippen molar-refractivity contribution in [3.63, 3.8) is 0 Å². The summed E-state index contributed by atoms with van der Waals surface area (Å²) in [5, 5.41) is 0. The Morgan fingerprint density at radius 2 is 2.23 bits per heavy atom. The van der Waals surface area contributed by atoms with Crippen molar-refractivity contribution >= 4 is 0 Å². The first kappa shape index (κ1) is 9.19. The van der Waals surface area contributed by atoms with Crippen LogP contribution >= 0.6 is 0 Å². The van der Waals surface area contributed by atoms with Gasteiger partial charge in [0.05, 0.1) is 6.10 Å². The van der Waals surface area contributed by atoms with Crippen LogP contribution in [-0.2, 0) is 4.74 Å². The quantitative estimate of drug-likeness (QED) is 0.635. The smallest absolute Gasteiger partial charge is 0.0824 e. The first-order chi connectivity index (χ1) is 6.28. The maximum Gasteiger partial charge on any atom is 0.0824 e. The van der Waals surface area contributed by atoms with Crippen LogP contribution in [0, 0.1) is 5.92 Å². The molecule has 13 heavy (non-hydrogen) atoms. The molecule has 0 spiro atoms. The zero-order valence-corrected chi connectivity index (χ0v) is 8.15. The molecule has 2 unspecified atom stereocenters. The molecule has 0 aromatic carbocycles. The van der Waals surface area contributed by atoms with E-state index in [2.05, 4.69) is 17.1 Å². The number of nitrogens with two attached hydrogens (primary N) is 1. The molecule has 74 valence electrons. The third-order valence-corrected chi connectivity index (χ3v) is 2.96. The Bertz CT molecular complexity index is 199. The molecule has 1 fully saturated rings. The normalized spacial score (nSPS) is 35.2. The molecule has 0 aromatic rings. The van der Waals surface area contributed by atoms with E-state index in [0.29, 0.717) is 18.1 Å². The molecule has 0 radical (unpaired) electrons. The maximum absolute atomic E-state index is 5.78. The molecular formula is C10H18N2O. The van der Waals surface area contributed by atoms with Crippen LogP contribution in [0.5, 0.6) is 0 Å². The second-order valence-electron chi connectivity index (χ2n) is 4.12. The molecule has 1 aliphatic carbocycles. The van der Waals surface area contributed by atoms with Gasteiger partial charge in [-0.05, 0) is 12.3 Å². The lowest BCUT2D eigenvalue weighted by Crippen LogP contribution is -2.53. The lowest BCUT2D eigenvalue weighted by Gasteiger charge is -2.39. The number of hydrogen-bond donors (Lipinski definition) is 1. The molecule has 1 heterocycles. The van der Waals surface area contributed by atoms with Crippen LogP contribution in [-0.4, -0.2) is 43.8 Å². The van der Waals surface area contributed by atoms with Gasteiger partial charge in [0.25, 0.3) is 0 Å². The van der Waals surface area contributed by atoms with Crippen molar-refractivity contribution in [1.29, 1.82) is 0 Å². The van der Waals surface area contributed by atoms with Crippen LogP contribution in [0.15, 0.2) is 12.2 Å². The van der Waals surface area contributed by atoms with E-state index in [0.717, 1.165) is 26.1 Å². The van der Waals surface area contributed by atoms with Gasteiger partial charge in [-0.25, -0.2) is 0 Å². The molecule has 0 amide bonds. The van der Waals surface area contributed by atoms with Crippen molar-refractivity contribution in [3.8, 4) is 0 Å². The van der Waals surface area contributed by atoms with Gasteiger partial charge in [0, 0.05) is 32.8 Å². The van der Waals surface area contributed by atoms with Crippen molar-refractivity contribution in [3.05, 3.63) is 12.2 Å². The molecule has 2 rings (SSSR count). The second kappa shape index (κ2) is 3.78. The molecule has 2 aliphatic rings. The maximum atomic E-state index is 5.78. The van der Waals surface area contributed by atoms with Gasteiger partial charge in [0.1, 0.15) is 0 Å². The fraction of sp³-hybridized carbons (Fsp3) is 0.800. The predicted molar refractivity (Wildman–Crippen MR) is 52.5 cm³/mol. The highest BCUT2D eigenvalue weighted by Crippen LogP contribution is 2.20. The van der Waals surface area contributed by atoms with Crippen molar-refractivity contribution in [1.82, 2.24) is 4.90 Å². The van der Waals surface area contributed by atoms with Crippen LogP contribution in [0.4, 0.5) is 0 Å². The largest absolute Gasteiger partial charge is 0.379 e. The van der Waals surface area contributed by atoms with Crippen LogP contribution < -0.4 is 5.73 Å². The van der Waals surface area contributed by atoms with Crippen LogP contribution in [0.2, 0.25) is 0 Å². The monoisotopic (exact) mass is 182 g/mol. The summed E-state index contributed by atoms with van der Waals surface area (Å²) in [6.45, 7) is 3.34. The van der Waals surface area contributed by atoms with E-state index < -0.39 is 0 Å². The summed E-state index contributed by atoms with van der Waals surface area (Å²) < 4.78 is 5.22. The Labute approximate surface area is 79.5 Å². The summed E-state index contributed by atoms with van der Waals surface area (Å²) in [5.41, 5.74) is 5.78. The minimum absolute atomic E-state index is 0.296. The van der Waals surface area contributed by atoms with Crippen molar-refractivity contribution in [2.45, 2.75) is 18.6 Å². The van der Waals surface area contributed by atoms with Gasteiger partial charge in [-0.3, -0.25) is 4.90 Å². The third-order valence-electron chi connectivity index (χ3n) is 2.96. The van der Waals surface area contributed by atoms with Gasteiger partial charge >= 0.3 is 0 Å². The molecule has 3 heteroatoms. The van der Waals surface area contributed by atoms with E-state index in [1.165, 1.54) is 0 Å². The molecule has 2 N–H and O–H groups in total. The zero-order valence-electron chi connectivity index (χ0n) is 8.15. The average molecular weight is 182 g/mol. The molecule has 3 nitrogen and oxygen atoms in total. The summed E-state index contributed by atoms with van der Waals surface area (Å²) in [5.74, 6) is 0.674. The lowest BCUT2D eigenvalue weighted by atomic mass is 10.0. The van der Waals surface area contributed by atoms with Gasteiger partial charge < -0.3 is 10.5 Å². The Morgan fingerprint density at radius 1 is 1.46 bits per heavy atom. The third kappa shape index (κ3) is 2.10. The van der Waals surface area contributed by atoms with Gasteiger partial charge in [-0.2, -0.15) is 0 Å². The molecule has 0 saturated carbocycles. The standard InChI is InChI=1S/C10H18N2O/c1-13-10-6-12(7-10)5-8-2-3-9(11)4-8/h2-3,8-10H,4-7,11H2,1H3. The lowest BCUT2D eigenvalue weighted by molar-refractivity contribution is -0.0333. The summed E-state index contributed by atoms with van der Waals surface area (Å²) >= 11 is 0. The average Bonchev–Trinajstić information content (AvgIpc) is 2.43. The van der Waals surface area contributed by atoms with Crippen LogP contribution in [0.3, 0.4) is 0 Å². The SMILES string of the molecule is COC1CN(CC2C=CC(N)C2)C1. The number of likely N-dealkylation sites (tertiary alicyclic amines) is 1. The summed E-state index contributed by atoms with van der Waals surface area (Å²) in [7, 11) is 1.79. The number of hydrogen-bond acceptors (Lipinski definition) is 3. The van der Waals surface area contributed by atoms with Crippen molar-refractivity contribution in [2.24, 2.45) is 11.7 Å². The number of nitrogens with zero attached hydrogens (tertiary/aromatic N) is 1. The van der Waals surface area contributed by atoms with E-state index in [1.54, 1.807) is 7.11 Å². The number of methoxy groups -OCH3 is 1. The number of ether oxygens (including phenoxy) is 1. The minimum Gasteiger partial charge on any atom is -0.379 e. The molecular weight excluding hydrogens is 164 g/mol. The van der Waals surface area contributed by atoms with E-state index >= 15 is 0 Å². The highest BCUT2D eigenvalue weighted by molar-refractivity contribution is 5.05. The predicted octanol–water partition coefficient (Wildman–Crippen LogP) is 0.220. The molecule has 1 saturated heterocycles. The van der Waals surface area contributed by atoms with Gasteiger partial charge in [0.2, 0.25) is 0 Å². The zero-order chi connectivity index (χ0) is 9.26. The van der Waals surface area contributed by atoms with Crippen LogP contribution in [0.1, 0.15) is 6.42 Å². The van der Waals surface area contributed by atoms with E-state index in [4.69, 9.17) is 10.5 Å². The summed E-state index contributed by atoms with van der Waals surface area (Å²) in [4.78, 5) is 2.43. The summed E-state index contributed by atoms with van der Waals surface area (Å²) in [6, 6.07) is 0.296. The van der Waals surface area contributed by atoms with Gasteiger partial charge in [-0.15, -0.1) is 0 Å². The number of rotatable bonds is 3. The van der Waals surface area contributed by atoms with Gasteiger partial charge in [0.15, 0.2) is 0 Å². The summed E-state index contributed by atoms with van der Waals surface area (Å²) in [6.07, 6.45) is 5.97. The first-order valence-corrected chi connectivity index (χ1v) is 4.97. The Balaban J connectivity index is 1.67. The topological polar surface area (TPSA) is 38.5 Å². The first-order valence-electron chi connectivity index (χ1n) is 4.97. The van der Waals surface area contributed by atoms with Gasteiger partial charge in [-0.1, -0.05) is 12.2 Å². The van der Waals surface area contributed by atoms with E-state index in [1.807, 2.05) is 0 Å². The van der Waals surface area contributed by atoms with E-state index in [-0.39, 0.29) is 0 Å². The Kier molecular flexibility index (Phi) is 2.67. The van der Waals surface area contributed by atoms with E-state index in [9.17, 15) is 0 Å².